The minimum atomic E-state index is -0.935. The summed E-state index contributed by atoms with van der Waals surface area (Å²) in [6.45, 7) is 0. The maximum Gasteiger partial charge on any atom is 0.321 e. The normalized spacial score (nSPS) is 12.0. The molecule has 2 aromatic rings. The number of benzene rings is 1. The number of carboxylic acid groups (broad SMARTS) is 1. The smallest absolute Gasteiger partial charge is 0.321 e. The Kier molecular flexibility index (Phi) is 3.84. The molecule has 0 radical (unpaired) electrons. The van der Waals surface area contributed by atoms with Gasteiger partial charge in [-0.25, -0.2) is 0 Å². The van der Waals surface area contributed by atoms with Crippen LogP contribution in [0.5, 0.6) is 0 Å². The van der Waals surface area contributed by atoms with Crippen molar-refractivity contribution in [2.75, 3.05) is 0 Å². The van der Waals surface area contributed by atoms with Crippen molar-refractivity contribution in [3.63, 3.8) is 0 Å². The molecule has 0 bridgehead atoms. The molecule has 2 N–H and O–H groups in total. The summed E-state index contributed by atoms with van der Waals surface area (Å²) in [4.78, 5) is 11.3. The molecule has 1 aromatic carbocycles. The number of aliphatic carboxylic acids is 1. The van der Waals surface area contributed by atoms with Gasteiger partial charge in [0.25, 0.3) is 5.03 Å². The van der Waals surface area contributed by atoms with Gasteiger partial charge in [0.2, 0.25) is 6.20 Å². The fraction of sp³-hybridized carbons (Fsp3) is 0.0769. The van der Waals surface area contributed by atoms with E-state index in [4.69, 9.17) is 0 Å². The predicted molar refractivity (Wildman–Crippen MR) is 66.5 cm³/mol. The number of aromatic nitrogens is 1. The van der Waals surface area contributed by atoms with Crippen LogP contribution < -0.4 is 4.73 Å². The number of rotatable bonds is 4. The zero-order valence-electron chi connectivity index (χ0n) is 9.43. The number of thioether (sulfide) groups is 1. The van der Waals surface area contributed by atoms with E-state index in [9.17, 15) is 15.1 Å². The lowest BCUT2D eigenvalue weighted by Gasteiger charge is -2.09. The third kappa shape index (κ3) is 2.81. The Bertz CT molecular complexity index is 545. The Balaban J connectivity index is 2.28. The maximum absolute atomic E-state index is 11.3. The van der Waals surface area contributed by atoms with E-state index in [2.05, 4.69) is 0 Å². The number of nitrogens with zero attached hydrogens (tertiary/aromatic N) is 1. The Morgan fingerprint density at radius 2 is 1.78 bits per heavy atom. The summed E-state index contributed by atoms with van der Waals surface area (Å²) >= 11 is 1.09. The topological polar surface area (TPSA) is 61.4 Å². The van der Waals surface area contributed by atoms with Crippen molar-refractivity contribution in [1.82, 2.24) is 0 Å². The third-order valence-corrected chi connectivity index (χ3v) is 3.64. The van der Waals surface area contributed by atoms with Crippen LogP contribution in [-0.2, 0) is 4.79 Å². The van der Waals surface area contributed by atoms with Gasteiger partial charge < -0.3 is 5.11 Å². The molecule has 1 atom stereocenters. The lowest BCUT2D eigenvalue weighted by Crippen LogP contribution is -2.32. The highest BCUT2D eigenvalue weighted by atomic mass is 32.2. The van der Waals surface area contributed by atoms with E-state index >= 15 is 0 Å². The van der Waals surface area contributed by atoms with Gasteiger partial charge in [0.1, 0.15) is 5.25 Å². The molecule has 0 spiro atoms. The van der Waals surface area contributed by atoms with Crippen molar-refractivity contribution < 1.29 is 19.8 Å². The van der Waals surface area contributed by atoms with E-state index in [1.165, 1.54) is 6.20 Å². The minimum absolute atomic E-state index is 0.480. The summed E-state index contributed by atoms with van der Waals surface area (Å²) in [6, 6.07) is 14.0. The molecule has 0 saturated carbocycles. The first-order valence-corrected chi connectivity index (χ1v) is 6.21. The van der Waals surface area contributed by atoms with Crippen LogP contribution in [0.25, 0.3) is 0 Å². The molecule has 5 heteroatoms. The van der Waals surface area contributed by atoms with Crippen LogP contribution in [0.3, 0.4) is 0 Å². The maximum atomic E-state index is 11.3. The van der Waals surface area contributed by atoms with Gasteiger partial charge in [0.15, 0.2) is 0 Å². The fourth-order valence-electron chi connectivity index (χ4n) is 1.52. The molecule has 1 heterocycles. The zero-order valence-corrected chi connectivity index (χ0v) is 10.2. The summed E-state index contributed by atoms with van der Waals surface area (Å²) in [6.07, 6.45) is 1.46. The van der Waals surface area contributed by atoms with Crippen LogP contribution in [0, 0.1) is 0 Å². The van der Waals surface area contributed by atoms with Crippen LogP contribution in [-0.4, -0.2) is 16.3 Å². The molecule has 0 aliphatic heterocycles. The van der Waals surface area contributed by atoms with Crippen molar-refractivity contribution in [3.05, 3.63) is 60.3 Å². The number of pyridine rings is 1. The SMILES string of the molecule is O=C(O)C(Sc1cccc[n+]1O)c1ccccc1. The van der Waals surface area contributed by atoms with Crippen LogP contribution in [0.4, 0.5) is 0 Å². The molecular formula is C13H12NO3S+. The Morgan fingerprint density at radius 3 is 2.39 bits per heavy atom. The Labute approximate surface area is 108 Å². The van der Waals surface area contributed by atoms with E-state index in [0.717, 1.165) is 16.5 Å². The second-order valence-corrected chi connectivity index (χ2v) is 4.76. The molecule has 92 valence electrons. The van der Waals surface area contributed by atoms with Crippen molar-refractivity contribution in [1.29, 1.82) is 0 Å². The first-order valence-electron chi connectivity index (χ1n) is 5.33. The van der Waals surface area contributed by atoms with Crippen molar-refractivity contribution >= 4 is 17.7 Å². The monoisotopic (exact) mass is 262 g/mol. The highest BCUT2D eigenvalue weighted by molar-refractivity contribution is 8.00. The van der Waals surface area contributed by atoms with Gasteiger partial charge in [-0.3, -0.25) is 10.0 Å². The summed E-state index contributed by atoms with van der Waals surface area (Å²) < 4.78 is 0.920. The number of hydrogen-bond acceptors (Lipinski definition) is 3. The van der Waals surface area contributed by atoms with Gasteiger partial charge in [-0.2, -0.15) is 0 Å². The molecule has 4 nitrogen and oxygen atoms in total. The Morgan fingerprint density at radius 1 is 1.11 bits per heavy atom. The largest absolute Gasteiger partial charge is 0.480 e. The van der Waals surface area contributed by atoms with Crippen LogP contribution in [0.1, 0.15) is 10.8 Å². The number of carbonyl (C=O) groups is 1. The molecule has 0 aliphatic carbocycles. The van der Waals surface area contributed by atoms with Crippen molar-refractivity contribution in [2.45, 2.75) is 10.3 Å². The van der Waals surface area contributed by atoms with Crippen molar-refractivity contribution in [2.24, 2.45) is 0 Å². The van der Waals surface area contributed by atoms with E-state index in [0.29, 0.717) is 10.6 Å². The lowest BCUT2D eigenvalue weighted by atomic mass is 10.1. The van der Waals surface area contributed by atoms with Crippen LogP contribution >= 0.6 is 11.8 Å². The third-order valence-electron chi connectivity index (χ3n) is 2.37. The second kappa shape index (κ2) is 5.55. The van der Waals surface area contributed by atoms with Crippen molar-refractivity contribution in [3.8, 4) is 0 Å². The molecule has 2 rings (SSSR count). The fourth-order valence-corrected chi connectivity index (χ4v) is 2.48. The quantitative estimate of drug-likeness (QED) is 0.503. The van der Waals surface area contributed by atoms with Crippen LogP contribution in [0.2, 0.25) is 0 Å². The molecule has 0 fully saturated rings. The average molecular weight is 262 g/mol. The first-order chi connectivity index (χ1) is 8.68. The molecule has 18 heavy (non-hydrogen) atoms. The van der Waals surface area contributed by atoms with E-state index in [1.807, 2.05) is 6.07 Å². The standard InChI is InChI=1S/C13H11NO3S/c15-13(16)12(10-6-2-1-3-7-10)18-11-8-4-5-9-14(11)17/h1-9,12H,(H-,15,16,17)/p+1. The van der Waals surface area contributed by atoms with Crippen LogP contribution in [0.15, 0.2) is 59.8 Å². The molecule has 0 aliphatic rings. The van der Waals surface area contributed by atoms with Gasteiger partial charge in [-0.15, -0.1) is 0 Å². The summed E-state index contributed by atoms with van der Waals surface area (Å²) in [5.74, 6) is -0.935. The summed E-state index contributed by atoms with van der Waals surface area (Å²) in [7, 11) is 0. The first kappa shape index (κ1) is 12.4. The van der Waals surface area contributed by atoms with Gasteiger partial charge >= 0.3 is 5.97 Å². The number of carboxylic acids is 1. The number of hydrogen-bond donors (Lipinski definition) is 2. The Hall–Kier alpha value is -2.01. The zero-order chi connectivity index (χ0) is 13.0. The minimum Gasteiger partial charge on any atom is -0.480 e. The van der Waals surface area contributed by atoms with E-state index in [1.54, 1.807) is 42.5 Å². The van der Waals surface area contributed by atoms with Gasteiger partial charge in [0, 0.05) is 16.9 Å². The van der Waals surface area contributed by atoms with Gasteiger partial charge in [-0.1, -0.05) is 30.3 Å². The average Bonchev–Trinajstić information content (AvgIpc) is 2.38. The molecule has 1 unspecified atom stereocenters. The highest BCUT2D eigenvalue weighted by Gasteiger charge is 2.25. The summed E-state index contributed by atoms with van der Waals surface area (Å²) in [5, 5.41) is 18.6. The molecule has 0 saturated heterocycles. The van der Waals surface area contributed by atoms with Gasteiger partial charge in [0.05, 0.1) is 0 Å². The molecule has 1 aromatic heterocycles. The summed E-state index contributed by atoms with van der Waals surface area (Å²) in [5.41, 5.74) is 0.693. The van der Waals surface area contributed by atoms with E-state index < -0.39 is 11.2 Å². The molecular weight excluding hydrogens is 250 g/mol. The lowest BCUT2D eigenvalue weighted by molar-refractivity contribution is -0.932. The van der Waals surface area contributed by atoms with Gasteiger partial charge in [-0.05, 0) is 23.4 Å². The van der Waals surface area contributed by atoms with E-state index in [-0.39, 0.29) is 0 Å². The predicted octanol–water partition coefficient (Wildman–Crippen LogP) is 2.13. The highest BCUT2D eigenvalue weighted by Crippen LogP contribution is 2.33. The second-order valence-electron chi connectivity index (χ2n) is 3.63. The molecule has 0 amide bonds.